The molecule has 6 heteroatoms. The van der Waals surface area contributed by atoms with Crippen molar-refractivity contribution >= 4 is 38.4 Å². The second-order valence-electron chi connectivity index (χ2n) is 6.96. The van der Waals surface area contributed by atoms with Gasteiger partial charge in [-0.25, -0.2) is 0 Å². The predicted octanol–water partition coefficient (Wildman–Crippen LogP) is 3.82. The Morgan fingerprint density at radius 3 is 0.800 bits per heavy atom. The van der Waals surface area contributed by atoms with Crippen LogP contribution in [0.25, 0.3) is 0 Å². The Morgan fingerprint density at radius 2 is 0.600 bits per heavy atom. The van der Waals surface area contributed by atoms with E-state index in [-0.39, 0.29) is 23.0 Å². The molecule has 0 spiro atoms. The third-order valence-corrected chi connectivity index (χ3v) is 12.7. The van der Waals surface area contributed by atoms with Gasteiger partial charge in [0, 0.05) is 0 Å². The number of hydrogen-bond acceptors (Lipinski definition) is 4. The van der Waals surface area contributed by atoms with E-state index in [1.54, 1.807) is 72.8 Å². The van der Waals surface area contributed by atoms with Gasteiger partial charge in [-0.1, -0.05) is 0 Å². The summed E-state index contributed by atoms with van der Waals surface area (Å²) < 4.78 is 0. The maximum absolute atomic E-state index is 11.0. The summed E-state index contributed by atoms with van der Waals surface area (Å²) in [5.74, 6) is -4.98. The summed E-state index contributed by atoms with van der Waals surface area (Å²) in [6.45, 7) is 0. The van der Waals surface area contributed by atoms with Crippen LogP contribution >= 0.6 is 17.2 Å². The molecule has 0 heterocycles. The molecule has 4 aromatic rings. The fourth-order valence-corrected chi connectivity index (χ4v) is 10.8. The van der Waals surface area contributed by atoms with Crippen molar-refractivity contribution in [1.29, 1.82) is 0 Å². The van der Waals surface area contributed by atoms with E-state index in [0.717, 1.165) is 0 Å². The van der Waals surface area contributed by atoms with Crippen LogP contribution in [0.3, 0.4) is 0 Å². The van der Waals surface area contributed by atoms with Gasteiger partial charge in [0.1, 0.15) is 0 Å². The Kier molecular flexibility index (Phi) is 4.85. The average Bonchev–Trinajstić information content (AvgIpc) is 2.75. The third-order valence-electron chi connectivity index (χ3n) is 5.34. The molecule has 0 bridgehead atoms. The number of hydrogen-bond donors (Lipinski definition) is 4. The van der Waals surface area contributed by atoms with E-state index in [9.17, 15) is 20.4 Å². The number of para-hydroxylation sites is 4. The van der Waals surface area contributed by atoms with Crippen molar-refractivity contribution in [3.63, 3.8) is 0 Å². The van der Waals surface area contributed by atoms with Gasteiger partial charge in [0.2, 0.25) is 0 Å². The molecule has 0 saturated heterocycles. The number of aromatic hydroxyl groups is 4. The molecule has 4 rings (SSSR count). The van der Waals surface area contributed by atoms with E-state index in [0.29, 0.717) is 21.2 Å². The SMILES string of the molecule is Oc1ccccc1P(Cl)(c1ccccc1O)(c1ccccc1O)c1ccccc1O. The molecule has 0 fully saturated rings. The zero-order valence-corrected chi connectivity index (χ0v) is 17.5. The Hall–Kier alpha value is -3.20. The molecule has 0 amide bonds. The molecule has 4 aromatic carbocycles. The van der Waals surface area contributed by atoms with Gasteiger partial charge in [-0.3, -0.25) is 0 Å². The zero-order chi connectivity index (χ0) is 21.4. The van der Waals surface area contributed by atoms with Crippen LogP contribution in [0.4, 0.5) is 0 Å². The summed E-state index contributed by atoms with van der Waals surface area (Å²) in [5, 5.41) is 45.1. The predicted molar refractivity (Wildman–Crippen MR) is 124 cm³/mol. The molecule has 0 aliphatic rings. The number of benzene rings is 4. The number of phenolic OH excluding ortho intramolecular Hbond substituents is 4. The van der Waals surface area contributed by atoms with Crippen molar-refractivity contribution in [3.8, 4) is 23.0 Å². The van der Waals surface area contributed by atoms with E-state index in [1.807, 2.05) is 0 Å². The summed E-state index contributed by atoms with van der Waals surface area (Å²) in [7, 11) is 0. The van der Waals surface area contributed by atoms with Gasteiger partial charge in [-0.05, 0) is 0 Å². The van der Waals surface area contributed by atoms with Crippen molar-refractivity contribution in [2.24, 2.45) is 0 Å². The quantitative estimate of drug-likeness (QED) is 0.365. The normalized spacial score (nSPS) is 12.8. The van der Waals surface area contributed by atoms with E-state index in [1.165, 1.54) is 24.3 Å². The van der Waals surface area contributed by atoms with Crippen molar-refractivity contribution in [1.82, 2.24) is 0 Å². The molecule has 152 valence electrons. The van der Waals surface area contributed by atoms with Crippen molar-refractivity contribution in [2.45, 2.75) is 0 Å². The van der Waals surface area contributed by atoms with Gasteiger partial charge >= 0.3 is 179 Å². The Bertz CT molecular complexity index is 1050. The van der Waals surface area contributed by atoms with Gasteiger partial charge in [-0.15, -0.1) is 0 Å². The first-order valence-electron chi connectivity index (χ1n) is 9.27. The molecule has 0 radical (unpaired) electrons. The molecule has 4 N–H and O–H groups in total. The van der Waals surface area contributed by atoms with Crippen LogP contribution in [-0.2, 0) is 0 Å². The summed E-state index contributed by atoms with van der Waals surface area (Å²) in [4.78, 5) is 0. The first kappa shape index (κ1) is 20.1. The maximum atomic E-state index is 11.0. The first-order chi connectivity index (χ1) is 14.4. The van der Waals surface area contributed by atoms with Gasteiger partial charge in [0.25, 0.3) is 0 Å². The van der Waals surface area contributed by atoms with Gasteiger partial charge < -0.3 is 0 Å². The van der Waals surface area contributed by atoms with Crippen LogP contribution in [0.15, 0.2) is 97.1 Å². The van der Waals surface area contributed by atoms with Crippen molar-refractivity contribution < 1.29 is 20.4 Å². The van der Waals surface area contributed by atoms with E-state index in [4.69, 9.17) is 11.2 Å². The van der Waals surface area contributed by atoms with Crippen molar-refractivity contribution in [3.05, 3.63) is 97.1 Å². The van der Waals surface area contributed by atoms with Crippen LogP contribution in [0.2, 0.25) is 0 Å². The van der Waals surface area contributed by atoms with Crippen LogP contribution < -0.4 is 21.2 Å². The van der Waals surface area contributed by atoms with E-state index >= 15 is 0 Å². The summed E-state index contributed by atoms with van der Waals surface area (Å²) in [6, 6.07) is 26.2. The minimum absolute atomic E-state index is 0.111. The Balaban J connectivity index is 2.37. The molecule has 0 aliphatic carbocycles. The first-order valence-corrected chi connectivity index (χ1v) is 12.4. The number of halogens is 1. The minimum atomic E-state index is -4.53. The second kappa shape index (κ2) is 7.24. The summed E-state index contributed by atoms with van der Waals surface area (Å²) in [5.41, 5.74) is 0. The van der Waals surface area contributed by atoms with Crippen molar-refractivity contribution in [2.75, 3.05) is 0 Å². The molecule has 0 unspecified atom stereocenters. The summed E-state index contributed by atoms with van der Waals surface area (Å²) in [6.07, 6.45) is 0. The summed E-state index contributed by atoms with van der Waals surface area (Å²) >= 11 is 7.81. The molecule has 0 aliphatic heterocycles. The molecular weight excluding hydrogens is 419 g/mol. The second-order valence-corrected chi connectivity index (χ2v) is 12.9. The fraction of sp³-hybridized carbons (Fsp3) is 0. The molecule has 30 heavy (non-hydrogen) atoms. The molecule has 0 aromatic heterocycles. The van der Waals surface area contributed by atoms with Crippen LogP contribution in [-0.4, -0.2) is 20.4 Å². The van der Waals surface area contributed by atoms with E-state index < -0.39 is 5.96 Å². The van der Waals surface area contributed by atoms with Gasteiger partial charge in [0.15, 0.2) is 0 Å². The molecule has 0 atom stereocenters. The van der Waals surface area contributed by atoms with Gasteiger partial charge in [-0.2, -0.15) is 0 Å². The number of rotatable bonds is 4. The van der Waals surface area contributed by atoms with Gasteiger partial charge in [0.05, 0.1) is 0 Å². The molecule has 4 nitrogen and oxygen atoms in total. The standard InChI is InChI=1S/C24H20ClO4P/c25-30(21-13-5-1-9-17(21)26,22-14-6-2-10-18(22)27,23-15-7-3-11-19(23)28)24-16-8-4-12-20(24)29/h1-16,26-29H. The topological polar surface area (TPSA) is 80.9 Å². The Morgan fingerprint density at radius 1 is 0.400 bits per heavy atom. The van der Waals surface area contributed by atoms with Crippen LogP contribution in [0.5, 0.6) is 23.0 Å². The van der Waals surface area contributed by atoms with Crippen LogP contribution in [0, 0.1) is 0 Å². The zero-order valence-electron chi connectivity index (χ0n) is 15.9. The Labute approximate surface area is 179 Å². The monoisotopic (exact) mass is 438 g/mol. The number of phenols is 4. The fourth-order valence-electron chi connectivity index (χ4n) is 4.06. The molecular formula is C24H20ClO4P. The molecule has 0 saturated carbocycles. The third kappa shape index (κ3) is 2.65. The average molecular weight is 439 g/mol. The van der Waals surface area contributed by atoms with Crippen LogP contribution in [0.1, 0.15) is 0 Å². The van der Waals surface area contributed by atoms with E-state index in [2.05, 4.69) is 0 Å².